The van der Waals surface area contributed by atoms with Gasteiger partial charge in [0.25, 0.3) is 11.1 Å². The molecule has 0 radical (unpaired) electrons. The molecule has 2 saturated heterocycles. The lowest BCUT2D eigenvalue weighted by Crippen LogP contribution is -2.43. The second-order valence-corrected chi connectivity index (χ2v) is 7.55. The molecule has 1 atom stereocenters. The average Bonchev–Trinajstić information content (AvgIpc) is 3.29. The topological polar surface area (TPSA) is 80.3 Å². The Balaban J connectivity index is 1.45. The van der Waals surface area contributed by atoms with Crippen LogP contribution in [0.5, 0.6) is 5.75 Å². The molecule has 2 aromatic rings. The van der Waals surface area contributed by atoms with Crippen LogP contribution in [0.3, 0.4) is 0 Å². The first-order valence-electron chi connectivity index (χ1n) is 8.79. The second-order valence-electron chi connectivity index (χ2n) is 6.54. The van der Waals surface area contributed by atoms with Crippen molar-refractivity contribution >= 4 is 29.0 Å². The third-order valence-electron chi connectivity index (χ3n) is 4.70. The Labute approximate surface area is 161 Å². The third-order valence-corrected chi connectivity index (χ3v) is 5.51. The lowest BCUT2D eigenvalue weighted by atomic mass is 9.93. The molecular formula is C20H19N3O3S. The van der Waals surface area contributed by atoms with E-state index in [4.69, 9.17) is 4.74 Å². The van der Waals surface area contributed by atoms with Gasteiger partial charge in [-0.25, -0.2) is 0 Å². The highest BCUT2D eigenvalue weighted by molar-refractivity contribution is 8.18. The minimum absolute atomic E-state index is 0.263. The molecule has 0 bridgehead atoms. The molecule has 1 aromatic carbocycles. The summed E-state index contributed by atoms with van der Waals surface area (Å²) in [6, 6.07) is 13.4. The standard InChI is InChI=1S/C20H19N3O3S/c24-18-16(27-19(25)23-18)12-14-5-7-15(8-6-14)26-13-20(9-3-11-22-20)17-4-1-2-10-21-17/h1-2,4-8,10,12,22H,3,9,11,13H2,(H,23,24,25)/t20-/m1/s1. The number of imide groups is 1. The van der Waals surface area contributed by atoms with E-state index in [2.05, 4.69) is 15.6 Å². The molecule has 138 valence electrons. The van der Waals surface area contributed by atoms with Gasteiger partial charge >= 0.3 is 0 Å². The highest BCUT2D eigenvalue weighted by Crippen LogP contribution is 2.31. The highest BCUT2D eigenvalue weighted by atomic mass is 32.2. The molecule has 2 N–H and O–H groups in total. The van der Waals surface area contributed by atoms with E-state index in [1.54, 1.807) is 12.3 Å². The number of hydrogen-bond donors (Lipinski definition) is 2. The van der Waals surface area contributed by atoms with E-state index in [1.165, 1.54) is 0 Å². The first-order valence-corrected chi connectivity index (χ1v) is 9.61. The molecule has 2 aliphatic heterocycles. The van der Waals surface area contributed by atoms with Crippen LogP contribution >= 0.6 is 11.8 Å². The fraction of sp³-hybridized carbons (Fsp3) is 0.250. The molecule has 0 unspecified atom stereocenters. The SMILES string of the molecule is O=C1NC(=O)C(=Cc2ccc(OC[C@@]3(c4ccccn4)CCCN3)cc2)S1. The van der Waals surface area contributed by atoms with Crippen LogP contribution in [0.2, 0.25) is 0 Å². The second kappa shape index (κ2) is 7.54. The van der Waals surface area contributed by atoms with Gasteiger partial charge in [0.1, 0.15) is 12.4 Å². The van der Waals surface area contributed by atoms with Gasteiger partial charge < -0.3 is 10.1 Å². The van der Waals surface area contributed by atoms with Crippen molar-refractivity contribution in [1.29, 1.82) is 0 Å². The Kier molecular flexibility index (Phi) is 4.96. The van der Waals surface area contributed by atoms with Crippen LogP contribution < -0.4 is 15.4 Å². The number of benzene rings is 1. The van der Waals surface area contributed by atoms with Crippen LogP contribution in [0, 0.1) is 0 Å². The van der Waals surface area contributed by atoms with Crippen molar-refractivity contribution in [3.05, 3.63) is 64.8 Å². The van der Waals surface area contributed by atoms with Crippen LogP contribution in [0.15, 0.2) is 53.6 Å². The molecule has 0 spiro atoms. The Morgan fingerprint density at radius 3 is 2.67 bits per heavy atom. The smallest absolute Gasteiger partial charge is 0.290 e. The van der Waals surface area contributed by atoms with Crippen molar-refractivity contribution in [1.82, 2.24) is 15.6 Å². The number of rotatable bonds is 5. The van der Waals surface area contributed by atoms with Crippen molar-refractivity contribution in [2.24, 2.45) is 0 Å². The summed E-state index contributed by atoms with van der Waals surface area (Å²) in [4.78, 5) is 27.8. The molecule has 2 fully saturated rings. The zero-order chi connectivity index (χ0) is 18.7. The lowest BCUT2D eigenvalue weighted by molar-refractivity contribution is -0.115. The lowest BCUT2D eigenvalue weighted by Gasteiger charge is -2.29. The number of nitrogens with one attached hydrogen (secondary N) is 2. The van der Waals surface area contributed by atoms with E-state index >= 15 is 0 Å². The van der Waals surface area contributed by atoms with Crippen molar-refractivity contribution in [2.45, 2.75) is 18.4 Å². The van der Waals surface area contributed by atoms with E-state index < -0.39 is 0 Å². The first-order chi connectivity index (χ1) is 13.1. The monoisotopic (exact) mass is 381 g/mol. The number of carbonyl (C=O) groups excluding carboxylic acids is 2. The van der Waals surface area contributed by atoms with E-state index in [0.717, 1.165) is 48.2 Å². The molecule has 4 rings (SSSR count). The van der Waals surface area contributed by atoms with E-state index in [9.17, 15) is 9.59 Å². The summed E-state index contributed by atoms with van der Waals surface area (Å²) in [6.07, 6.45) is 5.57. The fourth-order valence-electron chi connectivity index (χ4n) is 3.31. The van der Waals surface area contributed by atoms with E-state index in [0.29, 0.717) is 11.5 Å². The van der Waals surface area contributed by atoms with Gasteiger partial charge in [-0.3, -0.25) is 19.9 Å². The number of thioether (sulfide) groups is 1. The number of nitrogens with zero attached hydrogens (tertiary/aromatic N) is 1. The number of carbonyl (C=O) groups is 2. The molecule has 0 saturated carbocycles. The van der Waals surface area contributed by atoms with Gasteiger partial charge in [-0.15, -0.1) is 0 Å². The van der Waals surface area contributed by atoms with Crippen LogP contribution in [-0.2, 0) is 10.3 Å². The molecule has 6 nitrogen and oxygen atoms in total. The van der Waals surface area contributed by atoms with Gasteiger partial charge in [-0.2, -0.15) is 0 Å². The highest BCUT2D eigenvalue weighted by Gasteiger charge is 2.37. The summed E-state index contributed by atoms with van der Waals surface area (Å²) in [7, 11) is 0. The summed E-state index contributed by atoms with van der Waals surface area (Å²) >= 11 is 0.912. The van der Waals surface area contributed by atoms with Gasteiger partial charge in [0.2, 0.25) is 0 Å². The predicted octanol–water partition coefficient (Wildman–Crippen LogP) is 3.06. The third kappa shape index (κ3) is 3.89. The minimum Gasteiger partial charge on any atom is -0.491 e. The summed E-state index contributed by atoms with van der Waals surface area (Å²) in [6.45, 7) is 1.45. The molecule has 0 aliphatic carbocycles. The Bertz CT molecular complexity index is 875. The van der Waals surface area contributed by atoms with Crippen molar-refractivity contribution < 1.29 is 14.3 Å². The quantitative estimate of drug-likeness (QED) is 0.775. The Hall–Kier alpha value is -2.64. The summed E-state index contributed by atoms with van der Waals surface area (Å²) in [5.74, 6) is 0.399. The van der Waals surface area contributed by atoms with Gasteiger partial charge in [-0.05, 0) is 67.1 Å². The molecule has 2 amide bonds. The maximum atomic E-state index is 11.6. The van der Waals surface area contributed by atoms with Gasteiger partial charge in [0.15, 0.2) is 0 Å². The maximum Gasteiger partial charge on any atom is 0.290 e. The summed E-state index contributed by atoms with van der Waals surface area (Å²) < 4.78 is 6.05. The number of pyridine rings is 1. The normalized spacial score (nSPS) is 23.6. The number of aromatic nitrogens is 1. The summed E-state index contributed by atoms with van der Waals surface area (Å²) in [5.41, 5.74) is 1.58. The number of amides is 2. The van der Waals surface area contributed by atoms with E-state index in [1.807, 2.05) is 42.5 Å². The molecule has 3 heterocycles. The molecule has 1 aromatic heterocycles. The number of ether oxygens (including phenoxy) is 1. The predicted molar refractivity (Wildman–Crippen MR) is 104 cm³/mol. The molecule has 7 heteroatoms. The minimum atomic E-state index is -0.352. The van der Waals surface area contributed by atoms with Gasteiger partial charge in [0.05, 0.1) is 16.1 Å². The largest absolute Gasteiger partial charge is 0.491 e. The molecule has 27 heavy (non-hydrogen) atoms. The molecule has 2 aliphatic rings. The van der Waals surface area contributed by atoms with Crippen LogP contribution in [0.4, 0.5) is 4.79 Å². The number of hydrogen-bond acceptors (Lipinski definition) is 6. The van der Waals surface area contributed by atoms with Crippen LogP contribution in [0.1, 0.15) is 24.1 Å². The van der Waals surface area contributed by atoms with Crippen LogP contribution in [0.25, 0.3) is 6.08 Å². The maximum absolute atomic E-state index is 11.6. The van der Waals surface area contributed by atoms with Crippen molar-refractivity contribution in [3.8, 4) is 5.75 Å². The zero-order valence-electron chi connectivity index (χ0n) is 14.6. The zero-order valence-corrected chi connectivity index (χ0v) is 15.4. The van der Waals surface area contributed by atoms with Crippen LogP contribution in [-0.4, -0.2) is 29.3 Å². The Morgan fingerprint density at radius 2 is 2.04 bits per heavy atom. The van der Waals surface area contributed by atoms with Gasteiger partial charge in [-0.1, -0.05) is 18.2 Å². The molecular weight excluding hydrogens is 362 g/mol. The Morgan fingerprint density at radius 1 is 1.19 bits per heavy atom. The average molecular weight is 381 g/mol. The van der Waals surface area contributed by atoms with E-state index in [-0.39, 0.29) is 16.7 Å². The van der Waals surface area contributed by atoms with Crippen molar-refractivity contribution in [3.63, 3.8) is 0 Å². The first kappa shape index (κ1) is 17.8. The van der Waals surface area contributed by atoms with Gasteiger partial charge in [0, 0.05) is 6.20 Å². The summed E-state index contributed by atoms with van der Waals surface area (Å²) in [5, 5.41) is 5.46. The fourth-order valence-corrected chi connectivity index (χ4v) is 3.99. The van der Waals surface area contributed by atoms with Crippen molar-refractivity contribution in [2.75, 3.05) is 13.2 Å².